The number of benzene rings is 1. The predicted octanol–water partition coefficient (Wildman–Crippen LogP) is 1.82. The number of amides is 1. The Labute approximate surface area is 120 Å². The van der Waals surface area contributed by atoms with E-state index >= 15 is 0 Å². The third-order valence-electron chi connectivity index (χ3n) is 3.06. The van der Waals surface area contributed by atoms with Crippen LogP contribution in [0.25, 0.3) is 11.6 Å². The molecule has 1 aromatic heterocycles. The number of carbonyl (C=O) groups excluding carboxylic acids is 1. The van der Waals surface area contributed by atoms with E-state index in [1.54, 1.807) is 24.4 Å². The second-order valence-electron chi connectivity index (χ2n) is 4.46. The lowest BCUT2D eigenvalue weighted by atomic mass is 10.1. The van der Waals surface area contributed by atoms with Gasteiger partial charge < -0.3 is 5.32 Å². The molecule has 1 aromatic carbocycles. The van der Waals surface area contributed by atoms with E-state index in [1.807, 2.05) is 0 Å². The normalized spacial score (nSPS) is 15.9. The molecule has 2 aromatic rings. The van der Waals surface area contributed by atoms with Gasteiger partial charge in [-0.2, -0.15) is 8.42 Å². The maximum Gasteiger partial charge on any atom is 0.294 e. The van der Waals surface area contributed by atoms with Gasteiger partial charge in [-0.25, -0.2) is 4.98 Å². The van der Waals surface area contributed by atoms with Crippen LogP contribution in [0, 0.1) is 0 Å². The first-order chi connectivity index (χ1) is 9.95. The number of aromatic nitrogens is 1. The Morgan fingerprint density at radius 1 is 1.14 bits per heavy atom. The third-order valence-corrected chi connectivity index (χ3v) is 3.93. The fraction of sp³-hybridized carbons (Fsp3) is 0. The van der Waals surface area contributed by atoms with E-state index in [0.717, 1.165) is 0 Å². The molecule has 0 saturated carbocycles. The molecular formula is C14H10N2O4S. The van der Waals surface area contributed by atoms with Crippen LogP contribution in [0.3, 0.4) is 0 Å². The van der Waals surface area contributed by atoms with Crippen molar-refractivity contribution in [2.45, 2.75) is 4.90 Å². The highest BCUT2D eigenvalue weighted by Crippen LogP contribution is 2.30. The van der Waals surface area contributed by atoms with E-state index < -0.39 is 10.1 Å². The fourth-order valence-electron chi connectivity index (χ4n) is 2.07. The quantitative estimate of drug-likeness (QED) is 0.651. The Kier molecular flexibility index (Phi) is 3.08. The van der Waals surface area contributed by atoms with E-state index in [4.69, 9.17) is 4.55 Å². The molecule has 0 radical (unpaired) electrons. The number of nitrogens with one attached hydrogen (secondary N) is 1. The molecule has 3 rings (SSSR count). The van der Waals surface area contributed by atoms with Crippen LogP contribution in [0.4, 0.5) is 5.82 Å². The van der Waals surface area contributed by atoms with Gasteiger partial charge in [0.1, 0.15) is 5.82 Å². The molecule has 2 N–H and O–H groups in total. The minimum absolute atomic E-state index is 0.192. The monoisotopic (exact) mass is 302 g/mol. The predicted molar refractivity (Wildman–Crippen MR) is 77.0 cm³/mol. The van der Waals surface area contributed by atoms with Crippen molar-refractivity contribution in [2.75, 3.05) is 5.32 Å². The van der Waals surface area contributed by atoms with Gasteiger partial charge in [0, 0.05) is 11.8 Å². The first-order valence-corrected chi connectivity index (χ1v) is 7.45. The number of hydrogen-bond donors (Lipinski definition) is 2. The highest BCUT2D eigenvalue weighted by atomic mass is 32.2. The van der Waals surface area contributed by atoms with Crippen molar-refractivity contribution in [3.8, 4) is 0 Å². The van der Waals surface area contributed by atoms with Crippen LogP contribution in [-0.4, -0.2) is 23.9 Å². The van der Waals surface area contributed by atoms with Crippen molar-refractivity contribution < 1.29 is 17.8 Å². The number of nitrogens with zero attached hydrogens (tertiary/aromatic N) is 1. The van der Waals surface area contributed by atoms with Crippen LogP contribution in [0.5, 0.6) is 0 Å². The molecule has 0 saturated heterocycles. The van der Waals surface area contributed by atoms with Crippen molar-refractivity contribution in [1.29, 1.82) is 0 Å². The maximum atomic E-state index is 11.9. The van der Waals surface area contributed by atoms with Crippen LogP contribution in [0.15, 0.2) is 47.5 Å². The molecule has 1 amide bonds. The summed E-state index contributed by atoms with van der Waals surface area (Å²) in [6.45, 7) is 0. The summed E-state index contributed by atoms with van der Waals surface area (Å²) < 4.78 is 30.9. The summed E-state index contributed by atoms with van der Waals surface area (Å²) in [5.41, 5.74) is 1.79. The first-order valence-electron chi connectivity index (χ1n) is 6.01. The van der Waals surface area contributed by atoms with E-state index in [1.165, 1.54) is 24.3 Å². The largest absolute Gasteiger partial charge is 0.306 e. The van der Waals surface area contributed by atoms with Crippen LogP contribution in [0.1, 0.15) is 11.1 Å². The zero-order valence-corrected chi connectivity index (χ0v) is 11.5. The Morgan fingerprint density at radius 3 is 2.52 bits per heavy atom. The second kappa shape index (κ2) is 4.80. The molecule has 1 aliphatic rings. The number of hydrogen-bond acceptors (Lipinski definition) is 4. The van der Waals surface area contributed by atoms with Gasteiger partial charge in [-0.3, -0.25) is 9.35 Å². The SMILES string of the molecule is O=C1Nc2ncccc2C1=Cc1ccc(S(=O)(=O)O)cc1. The maximum absolute atomic E-state index is 11.9. The zero-order chi connectivity index (χ0) is 15.0. The van der Waals surface area contributed by atoms with Crippen molar-refractivity contribution in [2.24, 2.45) is 0 Å². The van der Waals surface area contributed by atoms with Crippen LogP contribution in [0.2, 0.25) is 0 Å². The minimum atomic E-state index is -4.22. The van der Waals surface area contributed by atoms with Crippen LogP contribution in [-0.2, 0) is 14.9 Å². The molecule has 0 fully saturated rings. The minimum Gasteiger partial charge on any atom is -0.306 e. The molecular weight excluding hydrogens is 292 g/mol. The molecule has 21 heavy (non-hydrogen) atoms. The van der Waals surface area contributed by atoms with Crippen molar-refractivity contribution in [1.82, 2.24) is 4.98 Å². The van der Waals surface area contributed by atoms with Gasteiger partial charge in [-0.1, -0.05) is 12.1 Å². The van der Waals surface area contributed by atoms with Crippen molar-refractivity contribution >= 4 is 33.5 Å². The summed E-state index contributed by atoms with van der Waals surface area (Å²) in [6, 6.07) is 9.08. The van der Waals surface area contributed by atoms with Gasteiger partial charge in [0.05, 0.1) is 10.5 Å². The van der Waals surface area contributed by atoms with Gasteiger partial charge in [0.25, 0.3) is 16.0 Å². The second-order valence-corrected chi connectivity index (χ2v) is 5.88. The van der Waals surface area contributed by atoms with E-state index in [9.17, 15) is 13.2 Å². The average molecular weight is 302 g/mol. The lowest BCUT2D eigenvalue weighted by molar-refractivity contribution is -0.110. The third kappa shape index (κ3) is 2.56. The summed E-state index contributed by atoms with van der Waals surface area (Å²) in [5.74, 6) is 0.242. The summed E-state index contributed by atoms with van der Waals surface area (Å²) in [6.07, 6.45) is 3.22. The Morgan fingerprint density at radius 2 is 1.86 bits per heavy atom. The van der Waals surface area contributed by atoms with Gasteiger partial charge in [0.15, 0.2) is 0 Å². The number of anilines is 1. The summed E-state index contributed by atoms with van der Waals surface area (Å²) in [4.78, 5) is 15.8. The molecule has 2 heterocycles. The highest BCUT2D eigenvalue weighted by Gasteiger charge is 2.24. The molecule has 0 aliphatic carbocycles. The summed E-state index contributed by atoms with van der Waals surface area (Å²) in [5, 5.41) is 2.65. The lowest BCUT2D eigenvalue weighted by Crippen LogP contribution is -2.04. The van der Waals surface area contributed by atoms with Gasteiger partial charge >= 0.3 is 0 Å². The number of fused-ring (bicyclic) bond motifs is 1. The summed E-state index contributed by atoms with van der Waals surface area (Å²) in [7, 11) is -4.22. The molecule has 1 aliphatic heterocycles. The van der Waals surface area contributed by atoms with E-state index in [2.05, 4.69) is 10.3 Å². The highest BCUT2D eigenvalue weighted by molar-refractivity contribution is 7.85. The Hall–Kier alpha value is -2.51. The number of carbonyl (C=O) groups is 1. The van der Waals surface area contributed by atoms with Crippen LogP contribution < -0.4 is 5.32 Å². The molecule has 6 nitrogen and oxygen atoms in total. The lowest BCUT2D eigenvalue weighted by Gasteiger charge is -2.00. The number of pyridine rings is 1. The molecule has 0 atom stereocenters. The Bertz CT molecular complexity index is 855. The van der Waals surface area contributed by atoms with Crippen molar-refractivity contribution in [3.05, 3.63) is 53.7 Å². The molecule has 106 valence electrons. The zero-order valence-electron chi connectivity index (χ0n) is 10.6. The Balaban J connectivity index is 2.01. The number of rotatable bonds is 2. The smallest absolute Gasteiger partial charge is 0.294 e. The molecule has 7 heteroatoms. The molecule has 0 unspecified atom stereocenters. The topological polar surface area (TPSA) is 96.4 Å². The van der Waals surface area contributed by atoms with Gasteiger partial charge in [0.2, 0.25) is 0 Å². The molecule has 0 spiro atoms. The van der Waals surface area contributed by atoms with E-state index in [-0.39, 0.29) is 10.8 Å². The van der Waals surface area contributed by atoms with E-state index in [0.29, 0.717) is 22.5 Å². The van der Waals surface area contributed by atoms with Gasteiger partial charge in [-0.05, 0) is 35.9 Å². The van der Waals surface area contributed by atoms with Gasteiger partial charge in [-0.15, -0.1) is 0 Å². The fourth-order valence-corrected chi connectivity index (χ4v) is 2.55. The van der Waals surface area contributed by atoms with Crippen LogP contribution >= 0.6 is 0 Å². The summed E-state index contributed by atoms with van der Waals surface area (Å²) >= 11 is 0. The van der Waals surface area contributed by atoms with Crippen molar-refractivity contribution in [3.63, 3.8) is 0 Å². The standard InChI is InChI=1S/C14H10N2O4S/c17-14-12(11-2-1-7-15-13(11)16-14)8-9-3-5-10(6-4-9)21(18,19)20/h1-8H,(H,15,16,17)(H,18,19,20). The average Bonchev–Trinajstić information content (AvgIpc) is 2.75. The molecule has 0 bridgehead atoms. The first kappa shape index (κ1) is 13.5.